The van der Waals surface area contributed by atoms with Crippen LogP contribution in [0.3, 0.4) is 0 Å². The van der Waals surface area contributed by atoms with Gasteiger partial charge in [-0.2, -0.15) is 0 Å². The molecule has 3 rings (SSSR count). The lowest BCUT2D eigenvalue weighted by Crippen LogP contribution is -2.48. The van der Waals surface area contributed by atoms with Gasteiger partial charge in [0.05, 0.1) is 6.54 Å². The van der Waals surface area contributed by atoms with E-state index in [9.17, 15) is 4.79 Å². The molecule has 0 radical (unpaired) electrons. The number of nitrogens with zero attached hydrogens (tertiary/aromatic N) is 1. The Balaban J connectivity index is 1.80. The molecule has 0 unspecified atom stereocenters. The van der Waals surface area contributed by atoms with E-state index in [0.717, 1.165) is 23.7 Å². The van der Waals surface area contributed by atoms with Gasteiger partial charge in [-0.1, -0.05) is 24.3 Å². The van der Waals surface area contributed by atoms with Crippen LogP contribution < -0.4 is 15.0 Å². The summed E-state index contributed by atoms with van der Waals surface area (Å²) in [6.07, 6.45) is 0. The lowest BCUT2D eigenvalue weighted by Gasteiger charge is -2.27. The van der Waals surface area contributed by atoms with Crippen LogP contribution in [0.25, 0.3) is 0 Å². The zero-order chi connectivity index (χ0) is 13.8. The lowest BCUT2D eigenvalue weighted by molar-refractivity contribution is -0.118. The molecule has 0 bridgehead atoms. The molecule has 0 aliphatic carbocycles. The highest BCUT2D eigenvalue weighted by Gasteiger charge is 2.19. The number of piperazine rings is 1. The zero-order valence-electron chi connectivity index (χ0n) is 11.1. The average Bonchev–Trinajstić information content (AvgIpc) is 2.49. The second kappa shape index (κ2) is 5.75. The molecule has 4 heteroatoms. The molecule has 0 spiro atoms. The Hall–Kier alpha value is -2.33. The van der Waals surface area contributed by atoms with Gasteiger partial charge in [0, 0.05) is 24.8 Å². The summed E-state index contributed by atoms with van der Waals surface area (Å²) in [5.41, 5.74) is 0.880. The predicted molar refractivity (Wildman–Crippen MR) is 78.2 cm³/mol. The number of anilines is 1. The molecule has 1 aliphatic rings. The molecular weight excluding hydrogens is 252 g/mol. The van der Waals surface area contributed by atoms with Gasteiger partial charge in [-0.25, -0.2) is 0 Å². The van der Waals surface area contributed by atoms with Crippen LogP contribution >= 0.6 is 0 Å². The van der Waals surface area contributed by atoms with E-state index in [1.54, 1.807) is 4.90 Å². The number of hydrogen-bond donors (Lipinski definition) is 1. The lowest BCUT2D eigenvalue weighted by atomic mass is 10.2. The molecule has 1 fully saturated rings. The number of carbonyl (C=O) groups excluding carboxylic acids is 1. The van der Waals surface area contributed by atoms with Crippen molar-refractivity contribution < 1.29 is 9.53 Å². The molecule has 1 heterocycles. The summed E-state index contributed by atoms with van der Waals surface area (Å²) in [4.78, 5) is 13.7. The van der Waals surface area contributed by atoms with Gasteiger partial charge in [0.1, 0.15) is 11.5 Å². The van der Waals surface area contributed by atoms with Crippen molar-refractivity contribution in [1.29, 1.82) is 0 Å². The van der Waals surface area contributed by atoms with Crippen LogP contribution in [0.4, 0.5) is 5.69 Å². The molecule has 0 aromatic heterocycles. The van der Waals surface area contributed by atoms with Gasteiger partial charge in [0.2, 0.25) is 5.91 Å². The van der Waals surface area contributed by atoms with E-state index in [1.807, 2.05) is 54.6 Å². The Morgan fingerprint density at radius 1 is 1.00 bits per heavy atom. The highest BCUT2D eigenvalue weighted by Crippen LogP contribution is 2.26. The zero-order valence-corrected chi connectivity index (χ0v) is 11.1. The van der Waals surface area contributed by atoms with Gasteiger partial charge in [-0.3, -0.25) is 4.79 Å². The molecule has 2 aromatic rings. The summed E-state index contributed by atoms with van der Waals surface area (Å²) < 4.78 is 5.79. The third kappa shape index (κ3) is 2.81. The van der Waals surface area contributed by atoms with E-state index in [2.05, 4.69) is 5.32 Å². The summed E-state index contributed by atoms with van der Waals surface area (Å²) in [6.45, 7) is 1.90. The van der Waals surface area contributed by atoms with Crippen LogP contribution in [0.2, 0.25) is 0 Å². The Morgan fingerprint density at radius 3 is 2.60 bits per heavy atom. The quantitative estimate of drug-likeness (QED) is 0.929. The molecule has 1 N–H and O–H groups in total. The Labute approximate surface area is 118 Å². The van der Waals surface area contributed by atoms with Crippen molar-refractivity contribution in [2.24, 2.45) is 0 Å². The number of para-hydroxylation sites is 1. The SMILES string of the molecule is O=C1CNCCN1c1cccc(Oc2ccccc2)c1. The van der Waals surface area contributed by atoms with E-state index >= 15 is 0 Å². The van der Waals surface area contributed by atoms with Gasteiger partial charge in [-0.05, 0) is 24.3 Å². The van der Waals surface area contributed by atoms with Gasteiger partial charge >= 0.3 is 0 Å². The third-order valence-electron chi connectivity index (χ3n) is 3.20. The van der Waals surface area contributed by atoms with Crippen molar-refractivity contribution in [1.82, 2.24) is 5.32 Å². The fraction of sp³-hybridized carbons (Fsp3) is 0.188. The number of carbonyl (C=O) groups is 1. The second-order valence-corrected chi connectivity index (χ2v) is 4.63. The Bertz CT molecular complexity index is 598. The standard InChI is InChI=1S/C16H16N2O2/c19-16-12-17-9-10-18(16)13-5-4-8-15(11-13)20-14-6-2-1-3-7-14/h1-8,11,17H,9-10,12H2. The van der Waals surface area contributed by atoms with E-state index in [1.165, 1.54) is 0 Å². The second-order valence-electron chi connectivity index (χ2n) is 4.63. The first-order valence-electron chi connectivity index (χ1n) is 6.67. The molecule has 20 heavy (non-hydrogen) atoms. The molecular formula is C16H16N2O2. The highest BCUT2D eigenvalue weighted by molar-refractivity contribution is 5.95. The first kappa shape index (κ1) is 12.7. The van der Waals surface area contributed by atoms with E-state index < -0.39 is 0 Å². The minimum absolute atomic E-state index is 0.0908. The maximum absolute atomic E-state index is 11.9. The van der Waals surface area contributed by atoms with Crippen molar-refractivity contribution in [2.75, 3.05) is 24.5 Å². The van der Waals surface area contributed by atoms with Crippen LogP contribution in [0.5, 0.6) is 11.5 Å². The summed E-state index contributed by atoms with van der Waals surface area (Å²) in [5.74, 6) is 1.62. The highest BCUT2D eigenvalue weighted by atomic mass is 16.5. The molecule has 1 amide bonds. The minimum Gasteiger partial charge on any atom is -0.457 e. The predicted octanol–water partition coefficient (Wildman–Crippen LogP) is 2.42. The number of benzene rings is 2. The van der Waals surface area contributed by atoms with Crippen LogP contribution in [-0.4, -0.2) is 25.5 Å². The van der Waals surface area contributed by atoms with Crippen LogP contribution in [0, 0.1) is 0 Å². The Kier molecular flexibility index (Phi) is 3.65. The molecule has 1 saturated heterocycles. The monoisotopic (exact) mass is 268 g/mol. The van der Waals surface area contributed by atoms with Crippen LogP contribution in [-0.2, 0) is 4.79 Å². The molecule has 0 atom stereocenters. The number of rotatable bonds is 3. The first-order chi connectivity index (χ1) is 9.83. The van der Waals surface area contributed by atoms with Gasteiger partial charge in [0.25, 0.3) is 0 Å². The number of amides is 1. The summed E-state index contributed by atoms with van der Waals surface area (Å²) >= 11 is 0. The van der Waals surface area contributed by atoms with Gasteiger partial charge in [0.15, 0.2) is 0 Å². The number of nitrogens with one attached hydrogen (secondary N) is 1. The van der Waals surface area contributed by atoms with E-state index in [-0.39, 0.29) is 5.91 Å². The molecule has 4 nitrogen and oxygen atoms in total. The third-order valence-corrected chi connectivity index (χ3v) is 3.20. The largest absolute Gasteiger partial charge is 0.457 e. The van der Waals surface area contributed by atoms with Gasteiger partial charge in [-0.15, -0.1) is 0 Å². The van der Waals surface area contributed by atoms with E-state index in [0.29, 0.717) is 13.1 Å². The van der Waals surface area contributed by atoms with Crippen molar-refractivity contribution >= 4 is 11.6 Å². The van der Waals surface area contributed by atoms with Crippen molar-refractivity contribution in [3.05, 3.63) is 54.6 Å². The molecule has 102 valence electrons. The van der Waals surface area contributed by atoms with Crippen LogP contribution in [0.1, 0.15) is 0 Å². The normalized spacial score (nSPS) is 15.2. The smallest absolute Gasteiger partial charge is 0.240 e. The summed E-state index contributed by atoms with van der Waals surface area (Å²) in [5, 5.41) is 3.07. The molecule has 1 aliphatic heterocycles. The summed E-state index contributed by atoms with van der Waals surface area (Å²) in [6, 6.07) is 17.2. The van der Waals surface area contributed by atoms with Crippen molar-refractivity contribution in [3.63, 3.8) is 0 Å². The van der Waals surface area contributed by atoms with Crippen molar-refractivity contribution in [3.8, 4) is 11.5 Å². The minimum atomic E-state index is 0.0908. The molecule has 0 saturated carbocycles. The maximum Gasteiger partial charge on any atom is 0.240 e. The topological polar surface area (TPSA) is 41.6 Å². The molecule has 2 aromatic carbocycles. The van der Waals surface area contributed by atoms with Crippen molar-refractivity contribution in [2.45, 2.75) is 0 Å². The fourth-order valence-electron chi connectivity index (χ4n) is 2.22. The average molecular weight is 268 g/mol. The Morgan fingerprint density at radius 2 is 1.80 bits per heavy atom. The summed E-state index contributed by atoms with van der Waals surface area (Å²) in [7, 11) is 0. The first-order valence-corrected chi connectivity index (χ1v) is 6.67. The number of hydrogen-bond acceptors (Lipinski definition) is 3. The maximum atomic E-state index is 11.9. The van der Waals surface area contributed by atoms with Gasteiger partial charge < -0.3 is 15.0 Å². The van der Waals surface area contributed by atoms with Crippen LogP contribution in [0.15, 0.2) is 54.6 Å². The fourth-order valence-corrected chi connectivity index (χ4v) is 2.22. The number of ether oxygens (including phenoxy) is 1. The van der Waals surface area contributed by atoms with E-state index in [4.69, 9.17) is 4.74 Å².